The van der Waals surface area contributed by atoms with Crippen molar-refractivity contribution in [3.8, 4) is 0 Å². The quantitative estimate of drug-likeness (QED) is 0.911. The van der Waals surface area contributed by atoms with Crippen LogP contribution < -0.4 is 5.32 Å². The molecule has 0 unspecified atom stereocenters. The number of halogens is 1. The molecule has 114 valence electrons. The number of imidazole rings is 1. The predicted octanol–water partition coefficient (Wildman–Crippen LogP) is 3.84. The van der Waals surface area contributed by atoms with Gasteiger partial charge in [-0.1, -0.05) is 15.9 Å². The molecule has 1 N–H and O–H groups in total. The Bertz CT molecular complexity index is 659. The van der Waals surface area contributed by atoms with E-state index in [-0.39, 0.29) is 0 Å². The van der Waals surface area contributed by atoms with Crippen molar-refractivity contribution in [3.05, 3.63) is 28.5 Å². The molecule has 0 aliphatic heterocycles. The van der Waals surface area contributed by atoms with Gasteiger partial charge in [0.25, 0.3) is 0 Å². The van der Waals surface area contributed by atoms with Gasteiger partial charge < -0.3 is 14.6 Å². The average molecular weight is 354 g/mol. The van der Waals surface area contributed by atoms with Crippen LogP contribution in [-0.2, 0) is 17.8 Å². The zero-order chi connectivity index (χ0) is 15.6. The Labute approximate surface area is 132 Å². The molecule has 0 aliphatic carbocycles. The minimum absolute atomic E-state index is 0.342. The molecule has 0 bridgehead atoms. The fraction of sp³-hybridized carbons (Fsp3) is 0.467. The normalized spacial score (nSPS) is 11.7. The number of ether oxygens (including phenoxy) is 1. The highest BCUT2D eigenvalue weighted by Crippen LogP contribution is 2.21. The van der Waals surface area contributed by atoms with Crippen LogP contribution in [0.1, 0.15) is 33.5 Å². The molecule has 1 aromatic carbocycles. The molecule has 0 aliphatic rings. The maximum absolute atomic E-state index is 11.7. The fourth-order valence-electron chi connectivity index (χ4n) is 2.11. The van der Waals surface area contributed by atoms with Gasteiger partial charge in [-0.3, -0.25) is 0 Å². The molecule has 0 fully saturated rings. The first kappa shape index (κ1) is 15.8. The SMILES string of the molecule is CCn1c(CNC(=O)OC(C)(C)C)nc2cc(Br)ccc21. The first-order chi connectivity index (χ1) is 9.80. The molecule has 0 radical (unpaired) electrons. The van der Waals surface area contributed by atoms with Crippen molar-refractivity contribution in [2.75, 3.05) is 0 Å². The highest BCUT2D eigenvalue weighted by atomic mass is 79.9. The summed E-state index contributed by atoms with van der Waals surface area (Å²) >= 11 is 3.44. The summed E-state index contributed by atoms with van der Waals surface area (Å²) in [4.78, 5) is 16.3. The van der Waals surface area contributed by atoms with E-state index >= 15 is 0 Å². The van der Waals surface area contributed by atoms with E-state index in [4.69, 9.17) is 4.74 Å². The summed E-state index contributed by atoms with van der Waals surface area (Å²) in [5.74, 6) is 0.816. The van der Waals surface area contributed by atoms with E-state index in [0.717, 1.165) is 27.9 Å². The van der Waals surface area contributed by atoms with Crippen LogP contribution in [0, 0.1) is 0 Å². The van der Waals surface area contributed by atoms with Gasteiger partial charge in [0.05, 0.1) is 17.6 Å². The number of benzene rings is 1. The van der Waals surface area contributed by atoms with Gasteiger partial charge in [0.1, 0.15) is 11.4 Å². The average Bonchev–Trinajstić information content (AvgIpc) is 2.70. The van der Waals surface area contributed by atoms with Gasteiger partial charge in [0.2, 0.25) is 0 Å². The van der Waals surface area contributed by atoms with Crippen LogP contribution >= 0.6 is 15.9 Å². The van der Waals surface area contributed by atoms with Crippen LogP contribution in [0.4, 0.5) is 4.79 Å². The molecule has 1 aromatic heterocycles. The monoisotopic (exact) mass is 353 g/mol. The largest absolute Gasteiger partial charge is 0.444 e. The first-order valence-corrected chi connectivity index (χ1v) is 7.71. The highest BCUT2D eigenvalue weighted by Gasteiger charge is 2.17. The molecule has 6 heteroatoms. The van der Waals surface area contributed by atoms with E-state index in [9.17, 15) is 4.79 Å². The smallest absolute Gasteiger partial charge is 0.408 e. The number of alkyl carbamates (subject to hydrolysis) is 1. The van der Waals surface area contributed by atoms with Crippen LogP contribution in [0.5, 0.6) is 0 Å². The van der Waals surface area contributed by atoms with Gasteiger partial charge in [0, 0.05) is 11.0 Å². The molecule has 1 amide bonds. The molecule has 0 saturated heterocycles. The second-order valence-electron chi connectivity index (χ2n) is 5.76. The lowest BCUT2D eigenvalue weighted by Gasteiger charge is -2.19. The standard InChI is InChI=1S/C15H20BrN3O2/c1-5-19-12-7-6-10(16)8-11(12)18-13(19)9-17-14(20)21-15(2,3)4/h6-8H,5,9H2,1-4H3,(H,17,20). The summed E-state index contributed by atoms with van der Waals surface area (Å²) in [6.45, 7) is 8.71. The fourth-order valence-corrected chi connectivity index (χ4v) is 2.46. The van der Waals surface area contributed by atoms with Crippen LogP contribution in [0.25, 0.3) is 11.0 Å². The van der Waals surface area contributed by atoms with Gasteiger partial charge in [0.15, 0.2) is 0 Å². The molecule has 0 spiro atoms. The van der Waals surface area contributed by atoms with Gasteiger partial charge in [-0.2, -0.15) is 0 Å². The van der Waals surface area contributed by atoms with Gasteiger partial charge in [-0.05, 0) is 45.9 Å². The van der Waals surface area contributed by atoms with Crippen LogP contribution in [-0.4, -0.2) is 21.2 Å². The Morgan fingerprint density at radius 2 is 2.14 bits per heavy atom. The molecule has 2 aromatic rings. The second kappa shape index (κ2) is 6.05. The van der Waals surface area contributed by atoms with E-state index in [1.807, 2.05) is 39.0 Å². The van der Waals surface area contributed by atoms with Crippen molar-refractivity contribution in [1.29, 1.82) is 0 Å². The number of fused-ring (bicyclic) bond motifs is 1. The summed E-state index contributed by atoms with van der Waals surface area (Å²) in [6.07, 6.45) is -0.432. The molecule has 0 atom stereocenters. The lowest BCUT2D eigenvalue weighted by Crippen LogP contribution is -2.32. The second-order valence-corrected chi connectivity index (χ2v) is 6.68. The lowest BCUT2D eigenvalue weighted by molar-refractivity contribution is 0.0521. The minimum Gasteiger partial charge on any atom is -0.444 e. The third kappa shape index (κ3) is 3.97. The first-order valence-electron chi connectivity index (χ1n) is 6.91. The van der Waals surface area contributed by atoms with Crippen molar-refractivity contribution < 1.29 is 9.53 Å². The number of aryl methyl sites for hydroxylation is 1. The lowest BCUT2D eigenvalue weighted by atomic mass is 10.2. The van der Waals surface area contributed by atoms with Crippen molar-refractivity contribution in [3.63, 3.8) is 0 Å². The minimum atomic E-state index is -0.500. The summed E-state index contributed by atoms with van der Waals surface area (Å²) < 4.78 is 8.30. The van der Waals surface area contributed by atoms with Gasteiger partial charge >= 0.3 is 6.09 Å². The maximum atomic E-state index is 11.7. The van der Waals surface area contributed by atoms with Crippen molar-refractivity contribution in [2.24, 2.45) is 0 Å². The topological polar surface area (TPSA) is 56.2 Å². The Morgan fingerprint density at radius 3 is 2.76 bits per heavy atom. The summed E-state index contributed by atoms with van der Waals surface area (Å²) in [5, 5.41) is 2.75. The Balaban J connectivity index is 2.17. The molecule has 1 heterocycles. The van der Waals surface area contributed by atoms with E-state index in [2.05, 4.69) is 37.7 Å². The van der Waals surface area contributed by atoms with E-state index in [0.29, 0.717) is 6.54 Å². The van der Waals surface area contributed by atoms with Gasteiger partial charge in [-0.15, -0.1) is 0 Å². The zero-order valence-corrected chi connectivity index (χ0v) is 14.3. The number of hydrogen-bond acceptors (Lipinski definition) is 3. The number of nitrogens with one attached hydrogen (secondary N) is 1. The Kier molecular flexibility index (Phi) is 4.56. The van der Waals surface area contributed by atoms with Crippen molar-refractivity contribution in [2.45, 2.75) is 46.4 Å². The van der Waals surface area contributed by atoms with Crippen LogP contribution in [0.15, 0.2) is 22.7 Å². The number of amides is 1. The molecule has 5 nitrogen and oxygen atoms in total. The molecular formula is C15H20BrN3O2. The third-order valence-corrected chi connectivity index (χ3v) is 3.39. The summed E-state index contributed by atoms with van der Waals surface area (Å²) in [6, 6.07) is 5.98. The van der Waals surface area contributed by atoms with Crippen LogP contribution in [0.2, 0.25) is 0 Å². The van der Waals surface area contributed by atoms with Crippen molar-refractivity contribution in [1.82, 2.24) is 14.9 Å². The number of carbonyl (C=O) groups excluding carboxylic acids is 1. The maximum Gasteiger partial charge on any atom is 0.408 e. The van der Waals surface area contributed by atoms with E-state index in [1.54, 1.807) is 0 Å². The van der Waals surface area contributed by atoms with Gasteiger partial charge in [-0.25, -0.2) is 9.78 Å². The number of carbonyl (C=O) groups is 1. The Hall–Kier alpha value is -1.56. The molecular weight excluding hydrogens is 334 g/mol. The van der Waals surface area contributed by atoms with E-state index < -0.39 is 11.7 Å². The number of nitrogens with zero attached hydrogens (tertiary/aromatic N) is 2. The number of aromatic nitrogens is 2. The molecule has 2 rings (SSSR count). The highest BCUT2D eigenvalue weighted by molar-refractivity contribution is 9.10. The molecule has 0 saturated carbocycles. The van der Waals surface area contributed by atoms with Crippen molar-refractivity contribution >= 4 is 33.1 Å². The van der Waals surface area contributed by atoms with Crippen LogP contribution in [0.3, 0.4) is 0 Å². The Morgan fingerprint density at radius 1 is 1.43 bits per heavy atom. The molecule has 21 heavy (non-hydrogen) atoms. The number of rotatable bonds is 3. The van der Waals surface area contributed by atoms with E-state index in [1.165, 1.54) is 0 Å². The zero-order valence-electron chi connectivity index (χ0n) is 12.7. The summed E-state index contributed by atoms with van der Waals surface area (Å²) in [5.41, 5.74) is 1.47. The predicted molar refractivity (Wildman–Crippen MR) is 86.2 cm³/mol. The summed E-state index contributed by atoms with van der Waals surface area (Å²) in [7, 11) is 0. The number of hydrogen-bond donors (Lipinski definition) is 1. The third-order valence-electron chi connectivity index (χ3n) is 2.90.